The molecule has 0 saturated heterocycles. The number of hydrogen-bond donors (Lipinski definition) is 1. The summed E-state index contributed by atoms with van der Waals surface area (Å²) in [5.41, 5.74) is 4.26. The summed E-state index contributed by atoms with van der Waals surface area (Å²) in [6.07, 6.45) is 15.3. The van der Waals surface area contributed by atoms with E-state index in [1.54, 1.807) is 17.3 Å². The largest absolute Gasteiger partial charge is 0.481 e. The quantitative estimate of drug-likeness (QED) is 0.258. The minimum Gasteiger partial charge on any atom is -0.481 e. The number of rotatable bonds is 9. The Labute approximate surface area is 311 Å². The van der Waals surface area contributed by atoms with Crippen molar-refractivity contribution in [3.63, 3.8) is 0 Å². The van der Waals surface area contributed by atoms with Crippen LogP contribution in [-0.2, 0) is 16.0 Å². The van der Waals surface area contributed by atoms with Gasteiger partial charge in [0.2, 0.25) is 5.89 Å². The van der Waals surface area contributed by atoms with Crippen molar-refractivity contribution in [1.82, 2.24) is 15.2 Å². The second-order valence-electron chi connectivity index (χ2n) is 19.7. The van der Waals surface area contributed by atoms with Crippen molar-refractivity contribution in [3.05, 3.63) is 40.4 Å². The molecule has 0 aliphatic heterocycles. The van der Waals surface area contributed by atoms with Crippen molar-refractivity contribution < 1.29 is 19.1 Å². The van der Waals surface area contributed by atoms with Crippen LogP contribution in [0, 0.1) is 56.2 Å². The summed E-state index contributed by atoms with van der Waals surface area (Å²) in [4.78, 5) is 16.2. The standard InChI is InChI=1S/C43H62ClN3O4/c1-26(2)28-14-19-43(24-34-46-47-36(51-34)30-12-10-27(44)25-45-30)21-20-41(8)29(35(28)43)11-13-32-40(7)17-16-33(50-23-22-38(3,4)37(48)49)39(5,6)31(40)15-18-42(32,41)9/h10,12,25-26,29,31-33H,11,13-24H2,1-9H3,(H,48,49)/t29?,31-,32+,33-,40?,41+,42?,43?/m0/s1. The summed E-state index contributed by atoms with van der Waals surface area (Å²) in [5.74, 6) is 2.84. The van der Waals surface area contributed by atoms with Crippen LogP contribution in [0.1, 0.15) is 139 Å². The molecule has 8 heteroatoms. The van der Waals surface area contributed by atoms with E-state index in [-0.39, 0.29) is 33.2 Å². The van der Waals surface area contributed by atoms with Crippen molar-refractivity contribution >= 4 is 17.6 Å². The second kappa shape index (κ2) is 12.7. The molecule has 0 radical (unpaired) electrons. The summed E-state index contributed by atoms with van der Waals surface area (Å²) in [6, 6.07) is 3.66. The topological polar surface area (TPSA) is 98.3 Å². The number of pyridine rings is 1. The van der Waals surface area contributed by atoms with Crippen molar-refractivity contribution in [2.24, 2.45) is 56.2 Å². The number of carbonyl (C=O) groups is 1. The molecule has 0 spiro atoms. The van der Waals surface area contributed by atoms with E-state index < -0.39 is 11.4 Å². The zero-order chi connectivity index (χ0) is 36.8. The van der Waals surface area contributed by atoms with Crippen LogP contribution >= 0.6 is 11.6 Å². The highest BCUT2D eigenvalue weighted by Gasteiger charge is 2.69. The number of aromatic nitrogens is 3. The number of fused-ring (bicyclic) bond motifs is 7. The van der Waals surface area contributed by atoms with E-state index in [1.165, 1.54) is 57.8 Å². The molecule has 51 heavy (non-hydrogen) atoms. The third-order valence-electron chi connectivity index (χ3n) is 16.3. The third-order valence-corrected chi connectivity index (χ3v) is 16.5. The first-order valence-corrected chi connectivity index (χ1v) is 20.3. The Hall–Kier alpha value is -2.25. The number of hydrogen-bond acceptors (Lipinski definition) is 6. The SMILES string of the molecule is CC(C)C1=C2C3CC[C@@H]4C5(C)CC[C@H](OCCC(C)(C)C(=O)O)C(C)(C)[C@@H]5CCC4(C)[C@]3(C)CCC2(Cc2nnc(-c3ccc(Cl)cn3)o2)CC1. The van der Waals surface area contributed by atoms with Crippen LogP contribution in [-0.4, -0.2) is 39.0 Å². The molecule has 2 aromatic rings. The Morgan fingerprint density at radius 3 is 2.43 bits per heavy atom. The molecule has 1 N–H and O–H groups in total. The van der Waals surface area contributed by atoms with Gasteiger partial charge in [-0.2, -0.15) is 0 Å². The zero-order valence-electron chi connectivity index (χ0n) is 32.7. The molecule has 0 aromatic carbocycles. The molecule has 7 nitrogen and oxygen atoms in total. The van der Waals surface area contributed by atoms with E-state index in [2.05, 4.69) is 63.6 Å². The number of carboxylic acids is 1. The van der Waals surface area contributed by atoms with Gasteiger partial charge in [-0.1, -0.05) is 71.2 Å². The molecule has 0 bridgehead atoms. The monoisotopic (exact) mass is 719 g/mol. The third kappa shape index (κ3) is 5.76. The van der Waals surface area contributed by atoms with Crippen LogP contribution < -0.4 is 0 Å². The number of halogens is 1. The van der Waals surface area contributed by atoms with Gasteiger partial charge in [0, 0.05) is 24.6 Å². The first-order valence-electron chi connectivity index (χ1n) is 19.9. The molecule has 5 aliphatic carbocycles. The van der Waals surface area contributed by atoms with Gasteiger partial charge in [-0.15, -0.1) is 10.2 Å². The summed E-state index contributed by atoms with van der Waals surface area (Å²) >= 11 is 6.09. The molecule has 7 rings (SSSR count). The highest BCUT2D eigenvalue weighted by molar-refractivity contribution is 6.30. The number of nitrogens with zero attached hydrogens (tertiary/aromatic N) is 3. The molecular weight excluding hydrogens is 658 g/mol. The van der Waals surface area contributed by atoms with Gasteiger partial charge >= 0.3 is 5.97 Å². The van der Waals surface area contributed by atoms with Crippen LogP contribution in [0.15, 0.2) is 33.9 Å². The lowest BCUT2D eigenvalue weighted by Gasteiger charge is -2.72. The van der Waals surface area contributed by atoms with Crippen LogP contribution in [0.4, 0.5) is 0 Å². The Balaban J connectivity index is 1.14. The molecule has 4 fully saturated rings. The fourth-order valence-corrected chi connectivity index (χ4v) is 13.2. The van der Waals surface area contributed by atoms with Gasteiger partial charge in [0.1, 0.15) is 5.69 Å². The van der Waals surface area contributed by atoms with Gasteiger partial charge in [-0.05, 0) is 142 Å². The number of carboxylic acid groups (broad SMARTS) is 1. The molecule has 8 atom stereocenters. The van der Waals surface area contributed by atoms with E-state index in [0.29, 0.717) is 53.3 Å². The molecule has 2 aromatic heterocycles. The van der Waals surface area contributed by atoms with Crippen LogP contribution in [0.2, 0.25) is 5.02 Å². The molecule has 4 unspecified atom stereocenters. The lowest BCUT2D eigenvalue weighted by molar-refractivity contribution is -0.234. The maximum Gasteiger partial charge on any atom is 0.309 e. The Morgan fingerprint density at radius 1 is 0.980 bits per heavy atom. The van der Waals surface area contributed by atoms with Crippen LogP contribution in [0.25, 0.3) is 11.6 Å². The lowest BCUT2D eigenvalue weighted by Crippen LogP contribution is -2.65. The minimum atomic E-state index is -0.765. The smallest absolute Gasteiger partial charge is 0.309 e. The predicted octanol–water partition coefficient (Wildman–Crippen LogP) is 11.0. The normalized spacial score (nSPS) is 37.5. The number of ether oxygens (including phenoxy) is 1. The second-order valence-corrected chi connectivity index (χ2v) is 20.1. The fourth-order valence-electron chi connectivity index (χ4n) is 13.1. The van der Waals surface area contributed by atoms with Gasteiger partial charge < -0.3 is 14.3 Å². The summed E-state index contributed by atoms with van der Waals surface area (Å²) in [5, 5.41) is 19.3. The lowest BCUT2D eigenvalue weighted by atomic mass is 9.33. The molecule has 0 amide bonds. The van der Waals surface area contributed by atoms with E-state index in [1.807, 2.05) is 26.0 Å². The summed E-state index contributed by atoms with van der Waals surface area (Å²) in [7, 11) is 0. The molecule has 280 valence electrons. The Kier molecular flexibility index (Phi) is 9.21. The maximum absolute atomic E-state index is 11.7. The van der Waals surface area contributed by atoms with Gasteiger partial charge in [-0.25, -0.2) is 4.98 Å². The zero-order valence-corrected chi connectivity index (χ0v) is 33.5. The summed E-state index contributed by atoms with van der Waals surface area (Å²) in [6.45, 7) is 21.9. The molecule has 4 saturated carbocycles. The number of allylic oxidation sites excluding steroid dienone is 2. The van der Waals surface area contributed by atoms with Gasteiger partial charge in [0.25, 0.3) is 5.89 Å². The van der Waals surface area contributed by atoms with Crippen molar-refractivity contribution in [3.8, 4) is 11.6 Å². The highest BCUT2D eigenvalue weighted by Crippen LogP contribution is 2.77. The van der Waals surface area contributed by atoms with Crippen molar-refractivity contribution in [2.45, 2.75) is 145 Å². The minimum absolute atomic E-state index is 0.0461. The predicted molar refractivity (Wildman–Crippen MR) is 201 cm³/mol. The Morgan fingerprint density at radius 2 is 1.75 bits per heavy atom. The Bertz CT molecular complexity index is 1680. The highest BCUT2D eigenvalue weighted by atomic mass is 35.5. The van der Waals surface area contributed by atoms with E-state index in [9.17, 15) is 9.90 Å². The van der Waals surface area contributed by atoms with Gasteiger partial charge in [-0.3, -0.25) is 4.79 Å². The molecular formula is C43H62ClN3O4. The first-order chi connectivity index (χ1) is 23.9. The molecule has 5 aliphatic rings. The van der Waals surface area contributed by atoms with Crippen molar-refractivity contribution in [2.75, 3.05) is 6.61 Å². The average molecular weight is 720 g/mol. The van der Waals surface area contributed by atoms with E-state index in [4.69, 9.17) is 20.8 Å². The summed E-state index contributed by atoms with van der Waals surface area (Å²) < 4.78 is 13.0. The van der Waals surface area contributed by atoms with Gasteiger partial charge in [0.05, 0.1) is 16.5 Å². The fraction of sp³-hybridized carbons (Fsp3) is 0.767. The van der Waals surface area contributed by atoms with Crippen molar-refractivity contribution in [1.29, 1.82) is 0 Å². The van der Waals surface area contributed by atoms with Crippen LogP contribution in [0.3, 0.4) is 0 Å². The van der Waals surface area contributed by atoms with Gasteiger partial charge in [0.15, 0.2) is 0 Å². The molecule has 2 heterocycles. The maximum atomic E-state index is 11.7. The number of aliphatic carboxylic acids is 1. The van der Waals surface area contributed by atoms with Crippen LogP contribution in [0.5, 0.6) is 0 Å². The average Bonchev–Trinajstić information content (AvgIpc) is 3.68. The first kappa shape index (κ1) is 37.1. The van der Waals surface area contributed by atoms with E-state index in [0.717, 1.165) is 18.7 Å². The van der Waals surface area contributed by atoms with E-state index >= 15 is 0 Å².